The molecule has 24 heavy (non-hydrogen) atoms. The van der Waals surface area contributed by atoms with Crippen LogP contribution in [-0.2, 0) is 4.79 Å². The van der Waals surface area contributed by atoms with Crippen LogP contribution in [0.25, 0.3) is 0 Å². The van der Waals surface area contributed by atoms with Gasteiger partial charge >= 0.3 is 0 Å². The Hall–Kier alpha value is -1.98. The Balaban J connectivity index is 1.61. The highest BCUT2D eigenvalue weighted by molar-refractivity contribution is 7.99. The van der Waals surface area contributed by atoms with E-state index in [9.17, 15) is 4.79 Å². The first-order chi connectivity index (χ1) is 11.7. The highest BCUT2D eigenvalue weighted by atomic mass is 32.2. The van der Waals surface area contributed by atoms with Crippen molar-refractivity contribution in [2.45, 2.75) is 9.79 Å². The summed E-state index contributed by atoms with van der Waals surface area (Å²) in [5, 5.41) is 0. The third-order valence-electron chi connectivity index (χ3n) is 4.80. The van der Waals surface area contributed by atoms with Gasteiger partial charge in [-0.1, -0.05) is 36.0 Å². The average molecular weight is 340 g/mol. The number of hydrogen-bond donors (Lipinski definition) is 1. The number of nitrogens with one attached hydrogen (secondary N) is 1. The van der Waals surface area contributed by atoms with Gasteiger partial charge in [0, 0.05) is 9.79 Å². The number of piperazine rings is 1. The summed E-state index contributed by atoms with van der Waals surface area (Å²) in [4.78, 5) is 21.0. The van der Waals surface area contributed by atoms with E-state index in [0.29, 0.717) is 6.54 Å². The van der Waals surface area contributed by atoms with Crippen LogP contribution in [0.2, 0.25) is 0 Å². The number of anilines is 2. The maximum atomic E-state index is 12.9. The highest BCUT2D eigenvalue weighted by Crippen LogP contribution is 2.47. The fourth-order valence-corrected chi connectivity index (χ4v) is 4.42. The number of fused-ring (bicyclic) bond motifs is 2. The second-order valence-corrected chi connectivity index (χ2v) is 7.55. The lowest BCUT2D eigenvalue weighted by Gasteiger charge is -2.35. The molecule has 124 valence electrons. The first kappa shape index (κ1) is 15.5. The van der Waals surface area contributed by atoms with Crippen LogP contribution in [0.15, 0.2) is 58.3 Å². The standard InChI is InChI=1S/C19H21N3OS/c1-20-10-12-21(13-11-20)19(23)14-22-15-6-2-4-8-17(15)24-18-9-5-3-7-16(18)22/h2-9H,10-14H2,1H3/p+1. The predicted molar refractivity (Wildman–Crippen MR) is 97.2 cm³/mol. The van der Waals surface area contributed by atoms with Gasteiger partial charge in [0.25, 0.3) is 0 Å². The number of benzene rings is 2. The Labute approximate surface area is 147 Å². The number of carbonyl (C=O) groups excluding carboxylic acids is 1. The molecule has 0 bridgehead atoms. The van der Waals surface area contributed by atoms with Crippen molar-refractivity contribution >= 4 is 29.0 Å². The smallest absolute Gasteiger partial charge is 0.242 e. The van der Waals surface area contributed by atoms with E-state index < -0.39 is 0 Å². The van der Waals surface area contributed by atoms with Gasteiger partial charge in [0.1, 0.15) is 6.54 Å². The molecule has 2 aromatic carbocycles. The van der Waals surface area contributed by atoms with Gasteiger partial charge in [-0.25, -0.2) is 0 Å². The predicted octanol–water partition coefficient (Wildman–Crippen LogP) is 1.65. The first-order valence-electron chi connectivity index (χ1n) is 8.45. The number of rotatable bonds is 2. The van der Waals surface area contributed by atoms with E-state index in [2.05, 4.69) is 48.3 Å². The molecule has 2 aliphatic rings. The van der Waals surface area contributed by atoms with Crippen molar-refractivity contribution in [1.29, 1.82) is 0 Å². The molecule has 4 nitrogen and oxygen atoms in total. The van der Waals surface area contributed by atoms with Gasteiger partial charge in [-0.05, 0) is 24.3 Å². The molecule has 2 aromatic rings. The number of hydrogen-bond acceptors (Lipinski definition) is 3. The Morgan fingerprint density at radius 3 is 2.12 bits per heavy atom. The lowest BCUT2D eigenvalue weighted by molar-refractivity contribution is -0.883. The summed E-state index contributed by atoms with van der Waals surface area (Å²) in [5.74, 6) is 0.221. The molecule has 0 spiro atoms. The SMILES string of the molecule is C[NH+]1CCN(C(=O)CN2c3ccccc3Sc3ccccc32)CC1. The zero-order chi connectivity index (χ0) is 16.5. The highest BCUT2D eigenvalue weighted by Gasteiger charge is 2.28. The van der Waals surface area contributed by atoms with Crippen molar-refractivity contribution in [2.75, 3.05) is 44.7 Å². The van der Waals surface area contributed by atoms with Gasteiger partial charge in [-0.15, -0.1) is 0 Å². The summed E-state index contributed by atoms with van der Waals surface area (Å²) in [6.07, 6.45) is 0. The third kappa shape index (κ3) is 2.89. The minimum Gasteiger partial charge on any atom is -0.334 e. The van der Waals surface area contributed by atoms with Crippen LogP contribution >= 0.6 is 11.8 Å². The van der Waals surface area contributed by atoms with Crippen LogP contribution in [0.5, 0.6) is 0 Å². The van der Waals surface area contributed by atoms with Gasteiger partial charge in [0.15, 0.2) is 0 Å². The molecule has 4 rings (SSSR count). The van der Waals surface area contributed by atoms with Crippen LogP contribution < -0.4 is 9.80 Å². The molecule has 0 aliphatic carbocycles. The van der Waals surface area contributed by atoms with E-state index in [1.165, 1.54) is 14.7 Å². The summed E-state index contributed by atoms with van der Waals surface area (Å²) in [6, 6.07) is 16.7. The van der Waals surface area contributed by atoms with Crippen molar-refractivity contribution < 1.29 is 9.69 Å². The number of para-hydroxylation sites is 2. The molecule has 1 amide bonds. The van der Waals surface area contributed by atoms with Gasteiger partial charge in [0.2, 0.25) is 5.91 Å². The molecular weight excluding hydrogens is 318 g/mol. The second kappa shape index (κ2) is 6.49. The lowest BCUT2D eigenvalue weighted by atomic mass is 10.2. The molecule has 2 aliphatic heterocycles. The summed E-state index contributed by atoms with van der Waals surface area (Å²) in [5.41, 5.74) is 2.27. The maximum absolute atomic E-state index is 12.9. The minimum absolute atomic E-state index is 0.221. The normalized spacial score (nSPS) is 17.4. The molecule has 1 saturated heterocycles. The minimum atomic E-state index is 0.221. The van der Waals surface area contributed by atoms with Crippen LogP contribution in [0.3, 0.4) is 0 Å². The quantitative estimate of drug-likeness (QED) is 0.901. The maximum Gasteiger partial charge on any atom is 0.242 e. The second-order valence-electron chi connectivity index (χ2n) is 6.46. The van der Waals surface area contributed by atoms with Crippen molar-refractivity contribution in [3.8, 4) is 0 Å². The molecule has 5 heteroatoms. The number of quaternary nitrogens is 1. The molecule has 0 aromatic heterocycles. The van der Waals surface area contributed by atoms with E-state index in [1.807, 2.05) is 17.0 Å². The topological polar surface area (TPSA) is 28.0 Å². The van der Waals surface area contributed by atoms with E-state index in [4.69, 9.17) is 0 Å². The van der Waals surface area contributed by atoms with Crippen molar-refractivity contribution in [3.63, 3.8) is 0 Å². The van der Waals surface area contributed by atoms with Crippen molar-refractivity contribution in [1.82, 2.24) is 4.90 Å². The fraction of sp³-hybridized carbons (Fsp3) is 0.316. The zero-order valence-electron chi connectivity index (χ0n) is 13.9. The summed E-state index contributed by atoms with van der Waals surface area (Å²) in [6.45, 7) is 4.20. The molecule has 0 atom stereocenters. The fourth-order valence-electron chi connectivity index (χ4n) is 3.32. The van der Waals surface area contributed by atoms with Gasteiger partial charge in [-0.3, -0.25) is 4.79 Å². The summed E-state index contributed by atoms with van der Waals surface area (Å²) >= 11 is 1.78. The van der Waals surface area contributed by atoms with Crippen LogP contribution in [-0.4, -0.2) is 50.6 Å². The molecule has 1 N–H and O–H groups in total. The molecular formula is C19H22N3OS+. The Morgan fingerprint density at radius 1 is 1.00 bits per heavy atom. The third-order valence-corrected chi connectivity index (χ3v) is 5.93. The molecule has 1 fully saturated rings. The van der Waals surface area contributed by atoms with Crippen LogP contribution in [0, 0.1) is 0 Å². The molecule has 0 radical (unpaired) electrons. The monoisotopic (exact) mass is 340 g/mol. The Morgan fingerprint density at radius 2 is 1.54 bits per heavy atom. The molecule has 0 unspecified atom stereocenters. The van der Waals surface area contributed by atoms with E-state index in [0.717, 1.165) is 37.6 Å². The van der Waals surface area contributed by atoms with Gasteiger partial charge in [-0.2, -0.15) is 0 Å². The molecule has 0 saturated carbocycles. The summed E-state index contributed by atoms with van der Waals surface area (Å²) in [7, 11) is 2.19. The van der Waals surface area contributed by atoms with Gasteiger partial charge in [0.05, 0.1) is 44.6 Å². The number of nitrogens with zero attached hydrogens (tertiary/aromatic N) is 2. The van der Waals surface area contributed by atoms with Crippen LogP contribution in [0.4, 0.5) is 11.4 Å². The average Bonchev–Trinajstić information content (AvgIpc) is 2.62. The van der Waals surface area contributed by atoms with E-state index >= 15 is 0 Å². The van der Waals surface area contributed by atoms with Crippen LogP contribution in [0.1, 0.15) is 0 Å². The number of likely N-dealkylation sites (N-methyl/N-ethyl adjacent to an activating group) is 1. The first-order valence-corrected chi connectivity index (χ1v) is 9.26. The Bertz CT molecular complexity index is 710. The number of amides is 1. The van der Waals surface area contributed by atoms with Crippen molar-refractivity contribution in [3.05, 3.63) is 48.5 Å². The van der Waals surface area contributed by atoms with E-state index in [1.54, 1.807) is 11.8 Å². The lowest BCUT2D eigenvalue weighted by Crippen LogP contribution is -3.12. The van der Waals surface area contributed by atoms with Crippen molar-refractivity contribution in [2.24, 2.45) is 0 Å². The van der Waals surface area contributed by atoms with E-state index in [-0.39, 0.29) is 5.91 Å². The summed E-state index contributed by atoms with van der Waals surface area (Å²) < 4.78 is 0. The number of carbonyl (C=O) groups is 1. The molecule has 2 heterocycles. The largest absolute Gasteiger partial charge is 0.334 e. The zero-order valence-corrected chi connectivity index (χ0v) is 14.7. The van der Waals surface area contributed by atoms with Gasteiger partial charge < -0.3 is 14.7 Å². The Kier molecular flexibility index (Phi) is 4.21.